The minimum Gasteiger partial charge on any atom is -0.373 e. The summed E-state index contributed by atoms with van der Waals surface area (Å²) in [4.78, 5) is 0.965. The monoisotopic (exact) mass is 364 g/mol. The number of nitrogens with one attached hydrogen (secondary N) is 1. The number of halogens is 5. The van der Waals surface area contributed by atoms with Crippen molar-refractivity contribution in [2.75, 3.05) is 13.2 Å². The first-order valence-electron chi connectivity index (χ1n) is 5.28. The van der Waals surface area contributed by atoms with Gasteiger partial charge in [0.2, 0.25) is 0 Å². The molecular formula is C10H13BrF4N2OS. The zero-order valence-electron chi connectivity index (χ0n) is 9.71. The molecule has 0 spiro atoms. The molecule has 1 rings (SSSR count). The van der Waals surface area contributed by atoms with Crippen LogP contribution in [0.3, 0.4) is 0 Å². The third-order valence-electron chi connectivity index (χ3n) is 2.29. The summed E-state index contributed by atoms with van der Waals surface area (Å²) in [6.07, 6.45) is -3.28. The van der Waals surface area contributed by atoms with E-state index in [0.717, 1.165) is 9.35 Å². The molecule has 0 aromatic carbocycles. The van der Waals surface area contributed by atoms with Crippen LogP contribution in [0.5, 0.6) is 0 Å². The van der Waals surface area contributed by atoms with E-state index in [1.54, 1.807) is 0 Å². The highest BCUT2D eigenvalue weighted by molar-refractivity contribution is 9.10. The van der Waals surface area contributed by atoms with Crippen LogP contribution in [-0.2, 0) is 11.2 Å². The van der Waals surface area contributed by atoms with Crippen molar-refractivity contribution in [3.05, 3.63) is 20.8 Å². The van der Waals surface area contributed by atoms with Gasteiger partial charge in [0.15, 0.2) is 0 Å². The van der Waals surface area contributed by atoms with Crippen molar-refractivity contribution >= 4 is 27.3 Å². The van der Waals surface area contributed by atoms with Gasteiger partial charge in [-0.15, -0.1) is 11.3 Å². The van der Waals surface area contributed by atoms with Crippen LogP contribution >= 0.6 is 27.3 Å². The van der Waals surface area contributed by atoms with Gasteiger partial charge in [0.1, 0.15) is 6.61 Å². The lowest BCUT2D eigenvalue weighted by molar-refractivity contribution is -0.167. The maximum Gasteiger partial charge on any atom is 0.330 e. The van der Waals surface area contributed by atoms with Crippen molar-refractivity contribution in [1.82, 2.24) is 5.43 Å². The summed E-state index contributed by atoms with van der Waals surface area (Å²) >= 11 is 4.80. The van der Waals surface area contributed by atoms with E-state index >= 15 is 0 Å². The largest absolute Gasteiger partial charge is 0.373 e. The van der Waals surface area contributed by atoms with Crippen LogP contribution in [0.15, 0.2) is 15.9 Å². The molecule has 1 atom stereocenters. The van der Waals surface area contributed by atoms with Crippen molar-refractivity contribution < 1.29 is 22.3 Å². The summed E-state index contributed by atoms with van der Waals surface area (Å²) < 4.78 is 54.5. The van der Waals surface area contributed by atoms with Crippen molar-refractivity contribution in [3.63, 3.8) is 0 Å². The lowest BCUT2D eigenvalue weighted by Crippen LogP contribution is -2.42. The summed E-state index contributed by atoms with van der Waals surface area (Å²) in [5.74, 6) is 1.14. The first-order chi connectivity index (χ1) is 8.86. The molecule has 1 heterocycles. The summed E-state index contributed by atoms with van der Waals surface area (Å²) in [6.45, 7) is -1.50. The van der Waals surface area contributed by atoms with E-state index in [1.807, 2.05) is 11.4 Å². The van der Waals surface area contributed by atoms with E-state index < -0.39 is 25.0 Å². The second-order valence-electron chi connectivity index (χ2n) is 3.84. The number of rotatable bonds is 8. The van der Waals surface area contributed by atoms with E-state index in [-0.39, 0.29) is 6.61 Å². The molecule has 110 valence electrons. The van der Waals surface area contributed by atoms with E-state index in [2.05, 4.69) is 26.1 Å². The molecule has 0 saturated carbocycles. The molecule has 1 unspecified atom stereocenters. The van der Waals surface area contributed by atoms with Gasteiger partial charge in [-0.3, -0.25) is 11.3 Å². The van der Waals surface area contributed by atoms with Gasteiger partial charge in [0, 0.05) is 21.8 Å². The molecule has 0 aliphatic carbocycles. The number of thiophene rings is 1. The van der Waals surface area contributed by atoms with Gasteiger partial charge in [-0.2, -0.15) is 8.78 Å². The SMILES string of the molecule is NNC(COCC(F)(F)C(F)F)Cc1sccc1Br. The van der Waals surface area contributed by atoms with Gasteiger partial charge in [-0.05, 0) is 27.4 Å². The molecule has 1 aromatic heterocycles. The van der Waals surface area contributed by atoms with Crippen LogP contribution in [-0.4, -0.2) is 31.6 Å². The number of ether oxygens (including phenoxy) is 1. The predicted octanol–water partition coefficient (Wildman–Crippen LogP) is 2.80. The lowest BCUT2D eigenvalue weighted by atomic mass is 10.2. The lowest BCUT2D eigenvalue weighted by Gasteiger charge is -2.19. The number of hydrogen-bond donors (Lipinski definition) is 2. The minimum atomic E-state index is -4.14. The Kier molecular flexibility index (Phi) is 6.67. The number of hydrogen-bond acceptors (Lipinski definition) is 4. The van der Waals surface area contributed by atoms with Gasteiger partial charge < -0.3 is 4.74 Å². The fourth-order valence-electron chi connectivity index (χ4n) is 1.26. The summed E-state index contributed by atoms with van der Waals surface area (Å²) in [6, 6.07) is 1.42. The highest BCUT2D eigenvalue weighted by atomic mass is 79.9. The Labute approximate surface area is 120 Å². The fourth-order valence-corrected chi connectivity index (χ4v) is 2.86. The molecule has 19 heavy (non-hydrogen) atoms. The van der Waals surface area contributed by atoms with Crippen molar-refractivity contribution in [3.8, 4) is 0 Å². The average molecular weight is 365 g/mol. The smallest absolute Gasteiger partial charge is 0.330 e. The van der Waals surface area contributed by atoms with E-state index in [0.29, 0.717) is 6.42 Å². The first-order valence-corrected chi connectivity index (χ1v) is 6.95. The first kappa shape index (κ1) is 16.8. The van der Waals surface area contributed by atoms with Gasteiger partial charge in [-0.25, -0.2) is 8.78 Å². The van der Waals surface area contributed by atoms with Crippen LogP contribution < -0.4 is 11.3 Å². The fraction of sp³-hybridized carbons (Fsp3) is 0.600. The molecule has 3 nitrogen and oxygen atoms in total. The van der Waals surface area contributed by atoms with Crippen molar-refractivity contribution in [1.29, 1.82) is 0 Å². The van der Waals surface area contributed by atoms with Gasteiger partial charge in [-0.1, -0.05) is 0 Å². The van der Waals surface area contributed by atoms with E-state index in [1.165, 1.54) is 11.3 Å². The highest BCUT2D eigenvalue weighted by Crippen LogP contribution is 2.25. The molecule has 0 aliphatic heterocycles. The molecule has 0 saturated heterocycles. The van der Waals surface area contributed by atoms with Crippen molar-refractivity contribution in [2.24, 2.45) is 5.84 Å². The van der Waals surface area contributed by atoms with Gasteiger partial charge in [0.05, 0.1) is 6.61 Å². The summed E-state index contributed by atoms with van der Waals surface area (Å²) in [5.41, 5.74) is 2.41. The maximum absolute atomic E-state index is 12.6. The second-order valence-corrected chi connectivity index (χ2v) is 5.69. The molecule has 9 heteroatoms. The normalized spacial score (nSPS) is 14.1. The molecule has 0 bridgehead atoms. The van der Waals surface area contributed by atoms with Crippen LogP contribution in [0.1, 0.15) is 4.88 Å². The Balaban J connectivity index is 2.40. The van der Waals surface area contributed by atoms with Crippen LogP contribution in [0.25, 0.3) is 0 Å². The quantitative estimate of drug-likeness (QED) is 0.423. The highest BCUT2D eigenvalue weighted by Gasteiger charge is 2.41. The molecule has 3 N–H and O–H groups in total. The average Bonchev–Trinajstić information content (AvgIpc) is 2.73. The summed E-state index contributed by atoms with van der Waals surface area (Å²) in [7, 11) is 0. The molecule has 0 aliphatic rings. The van der Waals surface area contributed by atoms with E-state index in [9.17, 15) is 17.6 Å². The Morgan fingerprint density at radius 1 is 1.47 bits per heavy atom. The van der Waals surface area contributed by atoms with Crippen LogP contribution in [0.2, 0.25) is 0 Å². The number of hydrazine groups is 1. The molecule has 0 radical (unpaired) electrons. The van der Waals surface area contributed by atoms with Gasteiger partial charge >= 0.3 is 12.3 Å². The Bertz CT molecular complexity index is 391. The molecule has 0 amide bonds. The zero-order chi connectivity index (χ0) is 14.5. The molecular weight excluding hydrogens is 352 g/mol. The standard InChI is InChI=1S/C10H13BrF4N2OS/c11-7-1-2-19-8(7)3-6(17-16)4-18-5-10(14,15)9(12)13/h1-2,6,9,17H,3-5,16H2. The second kappa shape index (κ2) is 7.53. The van der Waals surface area contributed by atoms with Crippen LogP contribution in [0.4, 0.5) is 17.6 Å². The van der Waals surface area contributed by atoms with Crippen molar-refractivity contribution in [2.45, 2.75) is 24.8 Å². The zero-order valence-corrected chi connectivity index (χ0v) is 12.1. The third kappa shape index (κ3) is 5.35. The topological polar surface area (TPSA) is 47.3 Å². The maximum atomic E-state index is 12.6. The van der Waals surface area contributed by atoms with Gasteiger partial charge in [0.25, 0.3) is 0 Å². The minimum absolute atomic E-state index is 0.177. The predicted molar refractivity (Wildman–Crippen MR) is 68.6 cm³/mol. The Hall–Kier alpha value is -0.220. The Morgan fingerprint density at radius 2 is 2.16 bits per heavy atom. The Morgan fingerprint density at radius 3 is 2.63 bits per heavy atom. The third-order valence-corrected chi connectivity index (χ3v) is 4.24. The van der Waals surface area contributed by atoms with Crippen LogP contribution in [0, 0.1) is 0 Å². The van der Waals surface area contributed by atoms with E-state index in [4.69, 9.17) is 5.84 Å². The number of alkyl halides is 4. The molecule has 1 aromatic rings. The number of nitrogens with two attached hydrogens (primary N) is 1. The molecule has 0 fully saturated rings. The summed E-state index contributed by atoms with van der Waals surface area (Å²) in [5, 5.41) is 1.86.